The second-order valence-corrected chi connectivity index (χ2v) is 8.43. The highest BCUT2D eigenvalue weighted by Crippen LogP contribution is 2.36. The number of amides is 1. The maximum atomic E-state index is 12.7. The molecule has 6 nitrogen and oxygen atoms in total. The molecule has 1 amide bonds. The van der Waals surface area contributed by atoms with Gasteiger partial charge in [-0.15, -0.1) is 0 Å². The van der Waals surface area contributed by atoms with Crippen molar-refractivity contribution in [3.05, 3.63) is 65.4 Å². The Labute approximate surface area is 188 Å². The zero-order chi connectivity index (χ0) is 22.8. The summed E-state index contributed by atoms with van der Waals surface area (Å²) in [7, 11) is 1.67. The lowest BCUT2D eigenvalue weighted by Crippen LogP contribution is -2.21. The Morgan fingerprint density at radius 1 is 1.12 bits per heavy atom. The number of nitrogens with one attached hydrogen (secondary N) is 2. The van der Waals surface area contributed by atoms with E-state index in [9.17, 15) is 4.79 Å². The average molecular weight is 431 g/mol. The standard InChI is InChI=1S/C26H30N4O2/c1-16(2)26(31)29-25-23(24-27-21-8-6-7-9-22(21)28-24)17(3)18(4)30(25)15-14-19-10-12-20(32-5)13-11-19/h6-13,16H,14-15H2,1-5H3,(H,27,28)(H,29,31). The van der Waals surface area contributed by atoms with Gasteiger partial charge in [0.05, 0.1) is 23.7 Å². The van der Waals surface area contributed by atoms with Crippen molar-refractivity contribution in [2.45, 2.75) is 40.7 Å². The SMILES string of the molecule is COc1ccc(CCn2c(C)c(C)c(-c3nc4ccccc4[nH]3)c2NC(=O)C(C)C)cc1. The Morgan fingerprint density at radius 3 is 2.50 bits per heavy atom. The predicted octanol–water partition coefficient (Wildman–Crippen LogP) is 5.49. The van der Waals surface area contributed by atoms with Gasteiger partial charge in [0, 0.05) is 18.2 Å². The summed E-state index contributed by atoms with van der Waals surface area (Å²) in [5, 5.41) is 3.18. The van der Waals surface area contributed by atoms with E-state index in [0.717, 1.165) is 58.2 Å². The first kappa shape index (κ1) is 21.7. The van der Waals surface area contributed by atoms with Crippen LogP contribution in [0.15, 0.2) is 48.5 Å². The quantitative estimate of drug-likeness (QED) is 0.407. The maximum Gasteiger partial charge on any atom is 0.228 e. The van der Waals surface area contributed by atoms with Crippen molar-refractivity contribution in [3.63, 3.8) is 0 Å². The van der Waals surface area contributed by atoms with E-state index in [1.807, 2.05) is 50.2 Å². The van der Waals surface area contributed by atoms with Gasteiger partial charge in [-0.05, 0) is 55.7 Å². The number of aryl methyl sites for hydroxylation is 1. The molecule has 2 aromatic heterocycles. The van der Waals surface area contributed by atoms with Crippen LogP contribution in [0, 0.1) is 19.8 Å². The van der Waals surface area contributed by atoms with E-state index in [4.69, 9.17) is 9.72 Å². The molecule has 0 saturated carbocycles. The molecule has 0 aliphatic heterocycles. The number of carbonyl (C=O) groups excluding carboxylic acids is 1. The number of aromatic amines is 1. The van der Waals surface area contributed by atoms with Crippen molar-refractivity contribution >= 4 is 22.8 Å². The van der Waals surface area contributed by atoms with Crippen LogP contribution in [-0.2, 0) is 17.8 Å². The minimum atomic E-state index is -0.121. The van der Waals surface area contributed by atoms with Gasteiger partial charge in [-0.25, -0.2) is 4.98 Å². The molecule has 0 aliphatic carbocycles. The molecular formula is C26H30N4O2. The molecule has 0 radical (unpaired) electrons. The Kier molecular flexibility index (Phi) is 6.04. The average Bonchev–Trinajstić information content (AvgIpc) is 3.31. The largest absolute Gasteiger partial charge is 0.497 e. The van der Waals surface area contributed by atoms with Gasteiger partial charge in [-0.2, -0.15) is 0 Å². The molecule has 32 heavy (non-hydrogen) atoms. The van der Waals surface area contributed by atoms with E-state index < -0.39 is 0 Å². The molecule has 0 atom stereocenters. The van der Waals surface area contributed by atoms with Crippen LogP contribution in [0.1, 0.15) is 30.7 Å². The third kappa shape index (κ3) is 4.13. The predicted molar refractivity (Wildman–Crippen MR) is 129 cm³/mol. The monoisotopic (exact) mass is 430 g/mol. The molecule has 166 valence electrons. The number of para-hydroxylation sites is 2. The van der Waals surface area contributed by atoms with Crippen LogP contribution < -0.4 is 10.1 Å². The maximum absolute atomic E-state index is 12.7. The van der Waals surface area contributed by atoms with Crippen molar-refractivity contribution in [3.8, 4) is 17.1 Å². The number of H-pyrrole nitrogens is 1. The second-order valence-electron chi connectivity index (χ2n) is 8.43. The highest BCUT2D eigenvalue weighted by atomic mass is 16.5. The summed E-state index contributed by atoms with van der Waals surface area (Å²) in [6, 6.07) is 16.1. The number of anilines is 1. The minimum absolute atomic E-state index is 0.00874. The van der Waals surface area contributed by atoms with Gasteiger partial charge in [-0.1, -0.05) is 38.1 Å². The summed E-state index contributed by atoms with van der Waals surface area (Å²) in [5.74, 6) is 2.29. The summed E-state index contributed by atoms with van der Waals surface area (Å²) in [4.78, 5) is 21.0. The highest BCUT2D eigenvalue weighted by Gasteiger charge is 2.23. The lowest BCUT2D eigenvalue weighted by Gasteiger charge is -2.15. The van der Waals surface area contributed by atoms with Gasteiger partial charge in [0.25, 0.3) is 0 Å². The molecule has 0 aliphatic rings. The van der Waals surface area contributed by atoms with Gasteiger partial charge in [0.1, 0.15) is 17.4 Å². The summed E-state index contributed by atoms with van der Waals surface area (Å²) in [6.45, 7) is 8.74. The summed E-state index contributed by atoms with van der Waals surface area (Å²) >= 11 is 0. The van der Waals surface area contributed by atoms with Crippen molar-refractivity contribution < 1.29 is 9.53 Å². The Balaban J connectivity index is 1.75. The lowest BCUT2D eigenvalue weighted by atomic mass is 10.1. The first-order valence-electron chi connectivity index (χ1n) is 11.0. The molecule has 4 rings (SSSR count). The van der Waals surface area contributed by atoms with Crippen LogP contribution in [0.4, 0.5) is 5.82 Å². The first-order chi connectivity index (χ1) is 15.4. The molecule has 2 N–H and O–H groups in total. The fraction of sp³-hybridized carbons (Fsp3) is 0.308. The van der Waals surface area contributed by atoms with Gasteiger partial charge in [0.2, 0.25) is 5.91 Å². The molecule has 0 saturated heterocycles. The van der Waals surface area contributed by atoms with Gasteiger partial charge < -0.3 is 19.6 Å². The van der Waals surface area contributed by atoms with Crippen LogP contribution in [0.3, 0.4) is 0 Å². The van der Waals surface area contributed by atoms with Crippen molar-refractivity contribution in [1.82, 2.24) is 14.5 Å². The minimum Gasteiger partial charge on any atom is -0.497 e. The topological polar surface area (TPSA) is 71.9 Å². The summed E-state index contributed by atoms with van der Waals surface area (Å²) < 4.78 is 7.46. The first-order valence-corrected chi connectivity index (χ1v) is 11.0. The van der Waals surface area contributed by atoms with Crippen LogP contribution in [0.5, 0.6) is 5.75 Å². The van der Waals surface area contributed by atoms with E-state index in [0.29, 0.717) is 0 Å². The van der Waals surface area contributed by atoms with E-state index in [1.54, 1.807) is 7.11 Å². The molecule has 0 unspecified atom stereocenters. The number of aromatic nitrogens is 3. The number of ether oxygens (including phenoxy) is 1. The number of methoxy groups -OCH3 is 1. The smallest absolute Gasteiger partial charge is 0.228 e. The Hall–Kier alpha value is -3.54. The normalized spacial score (nSPS) is 11.3. The third-order valence-electron chi connectivity index (χ3n) is 6.00. The summed E-state index contributed by atoms with van der Waals surface area (Å²) in [5.41, 5.74) is 6.27. The van der Waals surface area contributed by atoms with Crippen molar-refractivity contribution in [2.24, 2.45) is 5.92 Å². The van der Waals surface area contributed by atoms with E-state index in [-0.39, 0.29) is 11.8 Å². The fourth-order valence-corrected chi connectivity index (χ4v) is 3.93. The number of hydrogen-bond donors (Lipinski definition) is 2. The Morgan fingerprint density at radius 2 is 1.84 bits per heavy atom. The number of rotatable bonds is 7. The number of imidazole rings is 1. The number of benzene rings is 2. The molecule has 0 fully saturated rings. The number of nitrogens with zero attached hydrogens (tertiary/aromatic N) is 2. The zero-order valence-electron chi connectivity index (χ0n) is 19.3. The third-order valence-corrected chi connectivity index (χ3v) is 6.00. The molecule has 2 aromatic carbocycles. The zero-order valence-corrected chi connectivity index (χ0v) is 19.3. The van der Waals surface area contributed by atoms with Crippen LogP contribution >= 0.6 is 0 Å². The number of carbonyl (C=O) groups is 1. The lowest BCUT2D eigenvalue weighted by molar-refractivity contribution is -0.118. The van der Waals surface area contributed by atoms with Crippen molar-refractivity contribution in [2.75, 3.05) is 12.4 Å². The molecular weight excluding hydrogens is 400 g/mol. The van der Waals surface area contributed by atoms with E-state index >= 15 is 0 Å². The van der Waals surface area contributed by atoms with Crippen molar-refractivity contribution in [1.29, 1.82) is 0 Å². The molecule has 4 aromatic rings. The molecule has 0 bridgehead atoms. The highest BCUT2D eigenvalue weighted by molar-refractivity contribution is 5.96. The van der Waals surface area contributed by atoms with Crippen LogP contribution in [0.25, 0.3) is 22.4 Å². The Bertz CT molecular complexity index is 1220. The molecule has 2 heterocycles. The molecule has 0 spiro atoms. The van der Waals surface area contributed by atoms with Gasteiger partial charge in [-0.3, -0.25) is 4.79 Å². The summed E-state index contributed by atoms with van der Waals surface area (Å²) in [6.07, 6.45) is 0.836. The van der Waals surface area contributed by atoms with E-state index in [1.165, 1.54) is 5.56 Å². The van der Waals surface area contributed by atoms with Gasteiger partial charge >= 0.3 is 0 Å². The number of fused-ring (bicyclic) bond motifs is 1. The van der Waals surface area contributed by atoms with Crippen LogP contribution in [0.2, 0.25) is 0 Å². The van der Waals surface area contributed by atoms with Gasteiger partial charge in [0.15, 0.2) is 0 Å². The van der Waals surface area contributed by atoms with E-state index in [2.05, 4.69) is 40.8 Å². The van der Waals surface area contributed by atoms with Crippen LogP contribution in [-0.4, -0.2) is 27.6 Å². The number of hydrogen-bond acceptors (Lipinski definition) is 3. The second kappa shape index (κ2) is 8.91. The fourth-order valence-electron chi connectivity index (χ4n) is 3.93. The molecule has 6 heteroatoms.